The summed E-state index contributed by atoms with van der Waals surface area (Å²) in [5.41, 5.74) is 2.79. The second kappa shape index (κ2) is 5.92. The summed E-state index contributed by atoms with van der Waals surface area (Å²) in [6, 6.07) is 10.3. The molecule has 0 heterocycles. The van der Waals surface area contributed by atoms with Gasteiger partial charge in [-0.2, -0.15) is 0 Å². The highest BCUT2D eigenvalue weighted by Crippen LogP contribution is 2.30. The molecule has 0 aromatic heterocycles. The van der Waals surface area contributed by atoms with Crippen molar-refractivity contribution in [2.75, 3.05) is 0 Å². The summed E-state index contributed by atoms with van der Waals surface area (Å²) >= 11 is 5.83. The highest BCUT2D eigenvalue weighted by Gasteiger charge is 2.12. The van der Waals surface area contributed by atoms with Gasteiger partial charge in [-0.1, -0.05) is 6.07 Å². The molecule has 0 saturated carbocycles. The lowest BCUT2D eigenvalue weighted by Gasteiger charge is -2.11. The molecule has 0 spiro atoms. The van der Waals surface area contributed by atoms with E-state index in [0.29, 0.717) is 17.1 Å². The molecule has 0 atom stereocenters. The fraction of sp³-hybridized carbons (Fsp3) is 0.200. The van der Waals surface area contributed by atoms with E-state index in [4.69, 9.17) is 16.3 Å². The highest BCUT2D eigenvalue weighted by molar-refractivity contribution is 6.17. The molecule has 0 saturated heterocycles. The second-order valence-corrected chi connectivity index (χ2v) is 4.88. The standard InChI is InChI=1S/C15H14ClNO3/c1-10-5-11(2)7-14(6-10)20-15-4-3-13(17(18)19)8-12(15)9-16/h3-8H,9H2,1-2H3. The number of ether oxygens (including phenoxy) is 1. The van der Waals surface area contributed by atoms with Gasteiger partial charge in [-0.3, -0.25) is 10.1 Å². The summed E-state index contributed by atoms with van der Waals surface area (Å²) in [6.45, 7) is 3.97. The number of nitro benzene ring substituents is 1. The molecule has 5 heteroatoms. The fourth-order valence-electron chi connectivity index (χ4n) is 2.00. The van der Waals surface area contributed by atoms with E-state index in [0.717, 1.165) is 11.1 Å². The van der Waals surface area contributed by atoms with Crippen LogP contribution in [0.3, 0.4) is 0 Å². The zero-order valence-corrected chi connectivity index (χ0v) is 12.0. The Balaban J connectivity index is 2.35. The summed E-state index contributed by atoms with van der Waals surface area (Å²) in [4.78, 5) is 10.3. The third kappa shape index (κ3) is 3.27. The van der Waals surface area contributed by atoms with Crippen LogP contribution < -0.4 is 4.74 Å². The minimum atomic E-state index is -0.448. The van der Waals surface area contributed by atoms with Crippen LogP contribution in [0.25, 0.3) is 0 Å². The highest BCUT2D eigenvalue weighted by atomic mass is 35.5. The van der Waals surface area contributed by atoms with Crippen LogP contribution in [0.2, 0.25) is 0 Å². The molecule has 0 fully saturated rings. The number of non-ortho nitro benzene ring substituents is 1. The van der Waals surface area contributed by atoms with Gasteiger partial charge in [0.15, 0.2) is 0 Å². The van der Waals surface area contributed by atoms with E-state index in [9.17, 15) is 10.1 Å². The third-order valence-electron chi connectivity index (χ3n) is 2.82. The van der Waals surface area contributed by atoms with Crippen molar-refractivity contribution in [2.24, 2.45) is 0 Å². The lowest BCUT2D eigenvalue weighted by molar-refractivity contribution is -0.384. The Hall–Kier alpha value is -2.07. The number of alkyl halides is 1. The molecule has 104 valence electrons. The molecule has 0 bridgehead atoms. The molecule has 0 radical (unpaired) electrons. The number of nitro groups is 1. The van der Waals surface area contributed by atoms with E-state index in [1.165, 1.54) is 12.1 Å². The maximum Gasteiger partial charge on any atom is 0.270 e. The number of hydrogen-bond acceptors (Lipinski definition) is 3. The summed E-state index contributed by atoms with van der Waals surface area (Å²) in [5.74, 6) is 1.39. The van der Waals surface area contributed by atoms with Crippen LogP contribution in [0, 0.1) is 24.0 Å². The van der Waals surface area contributed by atoms with Gasteiger partial charge in [0.05, 0.1) is 10.8 Å². The molecular formula is C15H14ClNO3. The van der Waals surface area contributed by atoms with Gasteiger partial charge in [-0.25, -0.2) is 0 Å². The molecule has 4 nitrogen and oxygen atoms in total. The lowest BCUT2D eigenvalue weighted by Crippen LogP contribution is -1.94. The molecule has 20 heavy (non-hydrogen) atoms. The summed E-state index contributed by atoms with van der Waals surface area (Å²) < 4.78 is 5.79. The van der Waals surface area contributed by atoms with Crippen LogP contribution in [-0.2, 0) is 5.88 Å². The van der Waals surface area contributed by atoms with Gasteiger partial charge in [-0.05, 0) is 43.2 Å². The predicted molar refractivity (Wildman–Crippen MR) is 78.6 cm³/mol. The van der Waals surface area contributed by atoms with Crippen LogP contribution in [0.4, 0.5) is 5.69 Å². The molecule has 2 aromatic carbocycles. The Bertz CT molecular complexity index is 635. The van der Waals surface area contributed by atoms with Crippen LogP contribution in [0.5, 0.6) is 11.5 Å². The number of benzene rings is 2. The molecule has 0 unspecified atom stereocenters. The summed E-state index contributed by atoms with van der Waals surface area (Å²) in [6.07, 6.45) is 0. The molecule has 0 aliphatic heterocycles. The number of halogens is 1. The number of rotatable bonds is 4. The molecule has 2 rings (SSSR count). The number of nitrogens with zero attached hydrogens (tertiary/aromatic N) is 1. The van der Waals surface area contributed by atoms with E-state index >= 15 is 0 Å². The van der Waals surface area contributed by atoms with Crippen LogP contribution in [-0.4, -0.2) is 4.92 Å². The maximum atomic E-state index is 10.7. The third-order valence-corrected chi connectivity index (χ3v) is 3.11. The molecule has 0 aliphatic rings. The van der Waals surface area contributed by atoms with Gasteiger partial charge in [0.25, 0.3) is 5.69 Å². The first-order valence-electron chi connectivity index (χ1n) is 6.09. The summed E-state index contributed by atoms with van der Waals surface area (Å²) in [5, 5.41) is 10.7. The molecular weight excluding hydrogens is 278 g/mol. The predicted octanol–water partition coefficient (Wildman–Crippen LogP) is 4.74. The SMILES string of the molecule is Cc1cc(C)cc(Oc2ccc([N+](=O)[O-])cc2CCl)c1. The van der Waals surface area contributed by atoms with Gasteiger partial charge >= 0.3 is 0 Å². The first kappa shape index (κ1) is 14.3. The quantitative estimate of drug-likeness (QED) is 0.464. The van der Waals surface area contributed by atoms with Crippen molar-refractivity contribution in [1.82, 2.24) is 0 Å². The monoisotopic (exact) mass is 291 g/mol. The Morgan fingerprint density at radius 2 is 1.80 bits per heavy atom. The Labute approximate surface area is 122 Å². The van der Waals surface area contributed by atoms with Crippen molar-refractivity contribution in [1.29, 1.82) is 0 Å². The van der Waals surface area contributed by atoms with Crippen molar-refractivity contribution in [3.8, 4) is 11.5 Å². The van der Waals surface area contributed by atoms with Crippen LogP contribution in [0.15, 0.2) is 36.4 Å². The molecule has 0 N–H and O–H groups in total. The average Bonchev–Trinajstić information content (AvgIpc) is 2.37. The molecule has 0 amide bonds. The van der Waals surface area contributed by atoms with Crippen molar-refractivity contribution in [2.45, 2.75) is 19.7 Å². The van der Waals surface area contributed by atoms with E-state index < -0.39 is 4.92 Å². The Morgan fingerprint density at radius 3 is 2.35 bits per heavy atom. The zero-order valence-electron chi connectivity index (χ0n) is 11.2. The first-order valence-corrected chi connectivity index (χ1v) is 6.62. The Morgan fingerprint density at radius 1 is 1.15 bits per heavy atom. The van der Waals surface area contributed by atoms with E-state index in [-0.39, 0.29) is 11.6 Å². The van der Waals surface area contributed by atoms with Gasteiger partial charge in [-0.15, -0.1) is 11.6 Å². The minimum Gasteiger partial charge on any atom is -0.457 e. The first-order chi connectivity index (χ1) is 9.49. The van der Waals surface area contributed by atoms with E-state index in [2.05, 4.69) is 0 Å². The van der Waals surface area contributed by atoms with Gasteiger partial charge in [0, 0.05) is 17.7 Å². The summed E-state index contributed by atoms with van der Waals surface area (Å²) in [7, 11) is 0. The van der Waals surface area contributed by atoms with Crippen molar-refractivity contribution >= 4 is 17.3 Å². The van der Waals surface area contributed by atoms with Gasteiger partial charge < -0.3 is 4.74 Å². The zero-order chi connectivity index (χ0) is 14.7. The Kier molecular flexibility index (Phi) is 4.25. The number of hydrogen-bond donors (Lipinski definition) is 0. The topological polar surface area (TPSA) is 52.4 Å². The largest absolute Gasteiger partial charge is 0.457 e. The van der Waals surface area contributed by atoms with Gasteiger partial charge in [0.1, 0.15) is 11.5 Å². The average molecular weight is 292 g/mol. The maximum absolute atomic E-state index is 10.7. The number of aryl methyl sites for hydroxylation is 2. The van der Waals surface area contributed by atoms with E-state index in [1.54, 1.807) is 6.07 Å². The molecule has 2 aromatic rings. The minimum absolute atomic E-state index is 0.00780. The van der Waals surface area contributed by atoms with Gasteiger partial charge in [0.2, 0.25) is 0 Å². The fourth-order valence-corrected chi connectivity index (χ4v) is 2.21. The second-order valence-electron chi connectivity index (χ2n) is 4.61. The van der Waals surface area contributed by atoms with Crippen molar-refractivity contribution in [3.05, 3.63) is 63.2 Å². The normalized spacial score (nSPS) is 10.3. The lowest BCUT2D eigenvalue weighted by atomic mass is 10.1. The molecule has 0 aliphatic carbocycles. The smallest absolute Gasteiger partial charge is 0.270 e. The van der Waals surface area contributed by atoms with Crippen molar-refractivity contribution < 1.29 is 9.66 Å². The van der Waals surface area contributed by atoms with Crippen molar-refractivity contribution in [3.63, 3.8) is 0 Å². The van der Waals surface area contributed by atoms with E-state index in [1.807, 2.05) is 32.0 Å². The van der Waals surface area contributed by atoms with Crippen LogP contribution in [0.1, 0.15) is 16.7 Å². The van der Waals surface area contributed by atoms with Crippen LogP contribution >= 0.6 is 11.6 Å².